The van der Waals surface area contributed by atoms with Gasteiger partial charge in [0.1, 0.15) is 23.1 Å². The number of carbonyl (C=O) groups excluding carboxylic acids is 2. The lowest BCUT2D eigenvalue weighted by molar-refractivity contribution is -0.168. The number of piperazine rings is 1. The standard InChI is InChI=1S/C24H27BrCl2N4O6S2/c1-14(2)29-13-22-30(39(36,37)21-9-8-17(26)11-18(21)27)12-19(28-38(3,34)35)23(32)31(22)20(24(29)33)10-15-4-6-16(25)7-5-15/h4-9,11,14,19-20,22,28H,10,12-13H2,1-3H3. The number of fused-ring (bicyclic) bond motifs is 1. The van der Waals surface area contributed by atoms with E-state index in [2.05, 4.69) is 20.7 Å². The quantitative estimate of drug-likeness (QED) is 0.480. The molecule has 0 bridgehead atoms. The average molecular weight is 682 g/mol. The van der Waals surface area contributed by atoms with E-state index in [4.69, 9.17) is 23.2 Å². The summed E-state index contributed by atoms with van der Waals surface area (Å²) in [5.74, 6) is -1.04. The normalized spacial score (nSPS) is 22.9. The molecular weight excluding hydrogens is 655 g/mol. The van der Waals surface area contributed by atoms with Crippen molar-refractivity contribution in [3.05, 3.63) is 62.5 Å². The monoisotopic (exact) mass is 680 g/mol. The number of sulfonamides is 2. The van der Waals surface area contributed by atoms with Gasteiger partial charge >= 0.3 is 0 Å². The van der Waals surface area contributed by atoms with E-state index < -0.39 is 50.7 Å². The molecule has 0 spiro atoms. The summed E-state index contributed by atoms with van der Waals surface area (Å²) in [7, 11) is -8.31. The molecule has 39 heavy (non-hydrogen) atoms. The van der Waals surface area contributed by atoms with Gasteiger partial charge in [-0.15, -0.1) is 0 Å². The van der Waals surface area contributed by atoms with E-state index >= 15 is 0 Å². The van der Waals surface area contributed by atoms with Crippen LogP contribution in [0.4, 0.5) is 0 Å². The van der Waals surface area contributed by atoms with Gasteiger partial charge < -0.3 is 9.80 Å². The van der Waals surface area contributed by atoms with Gasteiger partial charge in [0, 0.05) is 28.5 Å². The van der Waals surface area contributed by atoms with Gasteiger partial charge in [-0.05, 0) is 49.7 Å². The summed E-state index contributed by atoms with van der Waals surface area (Å²) < 4.78 is 56.5. The zero-order valence-corrected chi connectivity index (χ0v) is 25.9. The van der Waals surface area contributed by atoms with Crippen molar-refractivity contribution < 1.29 is 26.4 Å². The predicted octanol–water partition coefficient (Wildman–Crippen LogP) is 2.69. The fourth-order valence-electron chi connectivity index (χ4n) is 4.87. The molecule has 2 aromatic rings. The lowest BCUT2D eigenvalue weighted by Crippen LogP contribution is -2.76. The van der Waals surface area contributed by atoms with Gasteiger partial charge in [0.15, 0.2) is 0 Å². The number of nitrogens with zero attached hydrogens (tertiary/aromatic N) is 3. The second-order valence-corrected chi connectivity index (χ2v) is 15.1. The van der Waals surface area contributed by atoms with Crippen molar-refractivity contribution in [1.82, 2.24) is 18.8 Å². The topological polar surface area (TPSA) is 124 Å². The Hall–Kier alpha value is -1.74. The van der Waals surface area contributed by atoms with Gasteiger partial charge in [-0.3, -0.25) is 9.59 Å². The van der Waals surface area contributed by atoms with E-state index in [1.54, 1.807) is 38.1 Å². The van der Waals surface area contributed by atoms with Crippen LogP contribution in [0.3, 0.4) is 0 Å². The summed E-state index contributed by atoms with van der Waals surface area (Å²) in [6.07, 6.45) is -0.131. The van der Waals surface area contributed by atoms with Gasteiger partial charge in [-0.1, -0.05) is 51.3 Å². The van der Waals surface area contributed by atoms with E-state index in [9.17, 15) is 26.4 Å². The summed E-state index contributed by atoms with van der Waals surface area (Å²) in [4.78, 5) is 30.0. The molecule has 1 N–H and O–H groups in total. The zero-order chi connectivity index (χ0) is 28.9. The van der Waals surface area contributed by atoms with Crippen LogP contribution in [0.25, 0.3) is 0 Å². The van der Waals surface area contributed by atoms with Crippen molar-refractivity contribution in [3.63, 3.8) is 0 Å². The first-order valence-corrected chi connectivity index (χ1v) is 16.8. The van der Waals surface area contributed by atoms with Crippen LogP contribution in [0.5, 0.6) is 0 Å². The van der Waals surface area contributed by atoms with Gasteiger partial charge in [-0.2, -0.15) is 4.31 Å². The molecular formula is C24H27BrCl2N4O6S2. The van der Waals surface area contributed by atoms with Crippen molar-refractivity contribution >= 4 is 71.0 Å². The van der Waals surface area contributed by atoms with Crippen LogP contribution in [-0.2, 0) is 36.1 Å². The van der Waals surface area contributed by atoms with Crippen molar-refractivity contribution in [3.8, 4) is 0 Å². The Kier molecular flexibility index (Phi) is 8.73. The fourth-order valence-corrected chi connectivity index (χ4v) is 8.16. The van der Waals surface area contributed by atoms with Crippen molar-refractivity contribution in [1.29, 1.82) is 0 Å². The molecule has 2 heterocycles. The Labute approximate surface area is 246 Å². The highest BCUT2D eigenvalue weighted by Gasteiger charge is 2.54. The van der Waals surface area contributed by atoms with Gasteiger partial charge in [0.05, 0.1) is 17.8 Å². The SMILES string of the molecule is CC(C)N1CC2N(C(=O)C(NS(C)(=O)=O)CN2S(=O)(=O)c2ccc(Cl)cc2Cl)C(Cc2ccc(Br)cc2)C1=O. The Bertz CT molecular complexity index is 1500. The minimum Gasteiger partial charge on any atom is -0.335 e. The molecule has 2 saturated heterocycles. The predicted molar refractivity (Wildman–Crippen MR) is 151 cm³/mol. The Morgan fingerprint density at radius 3 is 2.21 bits per heavy atom. The van der Waals surface area contributed by atoms with Gasteiger partial charge in [0.2, 0.25) is 31.9 Å². The lowest BCUT2D eigenvalue weighted by Gasteiger charge is -2.54. The number of hydrogen-bond acceptors (Lipinski definition) is 6. The molecule has 2 aromatic carbocycles. The summed E-state index contributed by atoms with van der Waals surface area (Å²) in [5, 5.41) is 0.104. The maximum atomic E-state index is 14.0. The molecule has 15 heteroatoms. The molecule has 2 aliphatic heterocycles. The van der Waals surface area contributed by atoms with Crippen LogP contribution < -0.4 is 4.72 Å². The Morgan fingerprint density at radius 2 is 1.64 bits per heavy atom. The second-order valence-electron chi connectivity index (χ2n) is 9.75. The zero-order valence-electron chi connectivity index (χ0n) is 21.2. The minimum atomic E-state index is -4.39. The number of nitrogens with one attached hydrogen (secondary N) is 1. The molecule has 10 nitrogen and oxygen atoms in total. The number of amides is 2. The maximum absolute atomic E-state index is 14.0. The van der Waals surface area contributed by atoms with E-state index in [0.29, 0.717) is 0 Å². The minimum absolute atomic E-state index is 0.0960. The second kappa shape index (κ2) is 11.3. The number of rotatable bonds is 7. The Morgan fingerprint density at radius 1 is 1.00 bits per heavy atom. The molecule has 0 radical (unpaired) electrons. The third-order valence-corrected chi connectivity index (χ3v) is 10.5. The number of carbonyl (C=O) groups is 2. The summed E-state index contributed by atoms with van der Waals surface area (Å²) in [6, 6.07) is 8.27. The molecule has 0 aliphatic carbocycles. The number of halogens is 3. The lowest BCUT2D eigenvalue weighted by atomic mass is 9.96. The highest BCUT2D eigenvalue weighted by atomic mass is 79.9. The molecule has 2 amide bonds. The summed E-state index contributed by atoms with van der Waals surface area (Å²) in [5.41, 5.74) is 0.738. The molecule has 2 aliphatic rings. The van der Waals surface area contributed by atoms with Crippen molar-refractivity contribution in [2.24, 2.45) is 0 Å². The van der Waals surface area contributed by atoms with E-state index in [-0.39, 0.29) is 39.9 Å². The number of benzene rings is 2. The van der Waals surface area contributed by atoms with Crippen LogP contribution in [0.1, 0.15) is 19.4 Å². The Balaban J connectivity index is 1.87. The van der Waals surface area contributed by atoms with Crippen LogP contribution in [0.15, 0.2) is 51.8 Å². The summed E-state index contributed by atoms with van der Waals surface area (Å²) >= 11 is 15.6. The third-order valence-electron chi connectivity index (χ3n) is 6.64. The fraction of sp³-hybridized carbons (Fsp3) is 0.417. The van der Waals surface area contributed by atoms with Crippen LogP contribution in [0, 0.1) is 0 Å². The molecule has 2 fully saturated rings. The third kappa shape index (κ3) is 6.29. The molecule has 3 atom stereocenters. The molecule has 3 unspecified atom stereocenters. The first-order chi connectivity index (χ1) is 18.1. The van der Waals surface area contributed by atoms with Crippen LogP contribution in [0.2, 0.25) is 10.0 Å². The van der Waals surface area contributed by atoms with E-state index in [1.165, 1.54) is 28.0 Å². The van der Waals surface area contributed by atoms with E-state index in [1.807, 2.05) is 0 Å². The molecule has 0 saturated carbocycles. The summed E-state index contributed by atoms with van der Waals surface area (Å²) in [6.45, 7) is 3.02. The van der Waals surface area contributed by atoms with Crippen LogP contribution >= 0.6 is 39.1 Å². The average Bonchev–Trinajstić information content (AvgIpc) is 2.82. The van der Waals surface area contributed by atoms with Gasteiger partial charge in [0.25, 0.3) is 0 Å². The highest BCUT2D eigenvalue weighted by Crippen LogP contribution is 2.35. The first kappa shape index (κ1) is 30.2. The van der Waals surface area contributed by atoms with Crippen LogP contribution in [-0.4, -0.2) is 86.4 Å². The van der Waals surface area contributed by atoms with Crippen molar-refractivity contribution in [2.45, 2.75) is 49.5 Å². The highest BCUT2D eigenvalue weighted by molar-refractivity contribution is 9.10. The van der Waals surface area contributed by atoms with Gasteiger partial charge in [-0.25, -0.2) is 21.6 Å². The van der Waals surface area contributed by atoms with Crippen molar-refractivity contribution in [2.75, 3.05) is 19.3 Å². The first-order valence-electron chi connectivity index (χ1n) is 11.9. The molecule has 0 aromatic heterocycles. The molecule has 212 valence electrons. The maximum Gasteiger partial charge on any atom is 0.246 e. The van der Waals surface area contributed by atoms with E-state index in [0.717, 1.165) is 20.6 Å². The smallest absolute Gasteiger partial charge is 0.246 e. The number of hydrogen-bond donors (Lipinski definition) is 1. The largest absolute Gasteiger partial charge is 0.335 e. The molecule has 4 rings (SSSR count).